The van der Waals surface area contributed by atoms with Gasteiger partial charge in [0.25, 0.3) is 0 Å². The number of nitrogens with one attached hydrogen (secondary N) is 1. The fraction of sp³-hybridized carbons (Fsp3) is 0.857. The van der Waals surface area contributed by atoms with Crippen molar-refractivity contribution in [2.45, 2.75) is 31.7 Å². The van der Waals surface area contributed by atoms with Crippen LogP contribution in [0.3, 0.4) is 0 Å². The highest BCUT2D eigenvalue weighted by atomic mass is 35.5. The molecule has 0 radical (unpaired) electrons. The molecule has 2 aliphatic rings. The van der Waals surface area contributed by atoms with Gasteiger partial charge in [-0.3, -0.25) is 4.90 Å². The molecule has 0 saturated carbocycles. The van der Waals surface area contributed by atoms with Crippen LogP contribution in [-0.2, 0) is 10.0 Å². The Bertz CT molecular complexity index is 638. The molecule has 2 atom stereocenters. The maximum absolute atomic E-state index is 12.1. The molecule has 138 valence electrons. The zero-order valence-corrected chi connectivity index (χ0v) is 15.8. The van der Waals surface area contributed by atoms with Gasteiger partial charge >= 0.3 is 0 Å². The summed E-state index contributed by atoms with van der Waals surface area (Å²) < 4.78 is 31.2. The molecule has 2 fully saturated rings. The number of likely N-dealkylation sites (N-methyl/N-ethyl adjacent to an activating group) is 1. The average molecular weight is 380 g/mol. The molecule has 10 heteroatoms. The smallest absolute Gasteiger partial charge is 0.231 e. The molecule has 0 aliphatic carbocycles. The largest absolute Gasteiger partial charge is 0.339 e. The lowest BCUT2D eigenvalue weighted by molar-refractivity contribution is 0.190. The second-order valence-electron chi connectivity index (χ2n) is 6.29. The zero-order chi connectivity index (χ0) is 16.4. The van der Waals surface area contributed by atoms with E-state index in [9.17, 15) is 8.42 Å². The van der Waals surface area contributed by atoms with Crippen LogP contribution in [0.15, 0.2) is 4.52 Å². The molecule has 2 saturated heterocycles. The summed E-state index contributed by atoms with van der Waals surface area (Å²) >= 11 is 0. The molecule has 24 heavy (non-hydrogen) atoms. The highest BCUT2D eigenvalue weighted by Gasteiger charge is 2.33. The van der Waals surface area contributed by atoms with E-state index in [2.05, 4.69) is 27.4 Å². The lowest BCUT2D eigenvalue weighted by Crippen LogP contribution is -2.44. The predicted molar refractivity (Wildman–Crippen MR) is 92.8 cm³/mol. The summed E-state index contributed by atoms with van der Waals surface area (Å²) in [6.45, 7) is 5.41. The first-order valence-electron chi connectivity index (χ1n) is 8.23. The highest BCUT2D eigenvalue weighted by molar-refractivity contribution is 7.89. The summed E-state index contributed by atoms with van der Waals surface area (Å²) in [6.07, 6.45) is 1.71. The van der Waals surface area contributed by atoms with Gasteiger partial charge in [0.1, 0.15) is 0 Å². The van der Waals surface area contributed by atoms with E-state index in [1.165, 1.54) is 0 Å². The van der Waals surface area contributed by atoms with Gasteiger partial charge in [0.2, 0.25) is 15.9 Å². The Morgan fingerprint density at radius 3 is 2.88 bits per heavy atom. The van der Waals surface area contributed by atoms with Crippen molar-refractivity contribution < 1.29 is 12.9 Å². The minimum Gasteiger partial charge on any atom is -0.339 e. The summed E-state index contributed by atoms with van der Waals surface area (Å²) in [5.41, 5.74) is 0. The second-order valence-corrected chi connectivity index (χ2v) is 8.55. The van der Waals surface area contributed by atoms with Gasteiger partial charge in [-0.05, 0) is 26.8 Å². The first kappa shape index (κ1) is 19.6. The lowest BCUT2D eigenvalue weighted by Gasteiger charge is -2.31. The molecule has 2 aliphatic heterocycles. The number of aromatic nitrogens is 2. The lowest BCUT2D eigenvalue weighted by atomic mass is 10.00. The molecule has 0 bridgehead atoms. The zero-order valence-electron chi connectivity index (χ0n) is 14.1. The van der Waals surface area contributed by atoms with Crippen molar-refractivity contribution in [1.82, 2.24) is 24.7 Å². The standard InChI is InChI=1S/C14H25N5O3S.ClH/c1-3-23(20,21)19-7-4-5-11(10-19)14-16-13(17-22-14)12-9-15-6-8-18(12)2;/h11-12,15H,3-10H2,1-2H3;1H. The Kier molecular flexibility index (Phi) is 6.60. The molecule has 8 nitrogen and oxygen atoms in total. The molecule has 2 unspecified atom stereocenters. The van der Waals surface area contributed by atoms with Crippen LogP contribution in [-0.4, -0.2) is 73.3 Å². The number of piperazine rings is 1. The molecule has 1 aromatic rings. The molecule has 0 aromatic carbocycles. The summed E-state index contributed by atoms with van der Waals surface area (Å²) in [5, 5.41) is 7.47. The number of hydrogen-bond acceptors (Lipinski definition) is 7. The fourth-order valence-electron chi connectivity index (χ4n) is 3.22. The summed E-state index contributed by atoms with van der Waals surface area (Å²) in [4.78, 5) is 6.78. The Labute approximate surface area is 149 Å². The first-order valence-corrected chi connectivity index (χ1v) is 9.84. The van der Waals surface area contributed by atoms with Gasteiger partial charge in [0.05, 0.1) is 17.7 Å². The average Bonchev–Trinajstić information content (AvgIpc) is 3.05. The minimum absolute atomic E-state index is 0. The van der Waals surface area contributed by atoms with E-state index < -0.39 is 10.0 Å². The topological polar surface area (TPSA) is 91.6 Å². The van der Waals surface area contributed by atoms with Crippen LogP contribution < -0.4 is 5.32 Å². The summed E-state index contributed by atoms with van der Waals surface area (Å²) in [6, 6.07) is 0.111. The van der Waals surface area contributed by atoms with Crippen LogP contribution in [0.5, 0.6) is 0 Å². The Hall–Kier alpha value is -0.740. The summed E-state index contributed by atoms with van der Waals surface area (Å²) in [5.74, 6) is 1.38. The minimum atomic E-state index is -3.16. The number of halogens is 1. The Morgan fingerprint density at radius 1 is 1.38 bits per heavy atom. The van der Waals surface area contributed by atoms with Crippen molar-refractivity contribution in [1.29, 1.82) is 0 Å². The monoisotopic (exact) mass is 379 g/mol. The van der Waals surface area contributed by atoms with Gasteiger partial charge in [-0.15, -0.1) is 12.4 Å². The Morgan fingerprint density at radius 2 is 2.17 bits per heavy atom. The molecule has 1 N–H and O–H groups in total. The van der Waals surface area contributed by atoms with Crippen LogP contribution in [0.25, 0.3) is 0 Å². The van der Waals surface area contributed by atoms with Crippen molar-refractivity contribution in [3.63, 3.8) is 0 Å². The second kappa shape index (κ2) is 8.09. The van der Waals surface area contributed by atoms with E-state index in [4.69, 9.17) is 4.52 Å². The molecule has 0 amide bonds. The van der Waals surface area contributed by atoms with Crippen molar-refractivity contribution in [2.24, 2.45) is 0 Å². The number of rotatable bonds is 4. The van der Waals surface area contributed by atoms with E-state index in [1.54, 1.807) is 11.2 Å². The van der Waals surface area contributed by atoms with E-state index in [0.717, 1.165) is 32.5 Å². The number of nitrogens with zero attached hydrogens (tertiary/aromatic N) is 4. The van der Waals surface area contributed by atoms with Crippen LogP contribution in [0.2, 0.25) is 0 Å². The van der Waals surface area contributed by atoms with E-state index in [-0.39, 0.29) is 30.1 Å². The molecule has 0 spiro atoms. The number of piperidine rings is 1. The third-order valence-corrected chi connectivity index (χ3v) is 6.61. The maximum atomic E-state index is 12.1. The SMILES string of the molecule is CCS(=O)(=O)N1CCCC(c2nc(C3CNCCN3C)no2)C1.Cl. The molecular weight excluding hydrogens is 354 g/mol. The van der Waals surface area contributed by atoms with Crippen LogP contribution >= 0.6 is 12.4 Å². The third kappa shape index (κ3) is 4.08. The van der Waals surface area contributed by atoms with Gasteiger partial charge in [0.15, 0.2) is 5.82 Å². The van der Waals surface area contributed by atoms with Gasteiger partial charge in [-0.25, -0.2) is 12.7 Å². The predicted octanol–water partition coefficient (Wildman–Crippen LogP) is 0.597. The van der Waals surface area contributed by atoms with E-state index >= 15 is 0 Å². The maximum Gasteiger partial charge on any atom is 0.231 e. The number of sulfonamides is 1. The van der Waals surface area contributed by atoms with E-state index in [1.807, 2.05) is 0 Å². The van der Waals surface area contributed by atoms with Gasteiger partial charge in [-0.1, -0.05) is 5.16 Å². The van der Waals surface area contributed by atoms with Gasteiger partial charge < -0.3 is 9.84 Å². The first-order chi connectivity index (χ1) is 11.0. The normalized spacial score (nSPS) is 26.9. The third-order valence-electron chi connectivity index (χ3n) is 4.76. The fourth-order valence-corrected chi connectivity index (χ4v) is 4.40. The highest BCUT2D eigenvalue weighted by Crippen LogP contribution is 2.28. The quantitative estimate of drug-likeness (QED) is 0.818. The van der Waals surface area contributed by atoms with Crippen molar-refractivity contribution in [3.8, 4) is 0 Å². The molecule has 3 rings (SSSR count). The van der Waals surface area contributed by atoms with E-state index in [0.29, 0.717) is 24.8 Å². The van der Waals surface area contributed by atoms with Gasteiger partial charge in [-0.2, -0.15) is 4.98 Å². The van der Waals surface area contributed by atoms with Gasteiger partial charge in [0, 0.05) is 32.7 Å². The molecule has 3 heterocycles. The Balaban J connectivity index is 0.00000208. The van der Waals surface area contributed by atoms with Crippen molar-refractivity contribution in [3.05, 3.63) is 11.7 Å². The van der Waals surface area contributed by atoms with Crippen LogP contribution in [0, 0.1) is 0 Å². The van der Waals surface area contributed by atoms with Crippen molar-refractivity contribution in [2.75, 3.05) is 45.5 Å². The molecular formula is C14H26ClN5O3S. The van der Waals surface area contributed by atoms with Crippen LogP contribution in [0.4, 0.5) is 0 Å². The number of hydrogen-bond donors (Lipinski definition) is 1. The molecule has 1 aromatic heterocycles. The van der Waals surface area contributed by atoms with Crippen molar-refractivity contribution >= 4 is 22.4 Å². The van der Waals surface area contributed by atoms with Crippen LogP contribution in [0.1, 0.15) is 43.4 Å². The summed E-state index contributed by atoms with van der Waals surface area (Å²) in [7, 11) is -1.11.